The van der Waals surface area contributed by atoms with Crippen molar-refractivity contribution in [1.29, 1.82) is 0 Å². The average Bonchev–Trinajstić information content (AvgIpc) is 3.48. The number of halogens is 1. The molecular formula is C19H22BrN5O3S. The monoisotopic (exact) mass is 479 g/mol. The molecule has 3 aliphatic rings. The summed E-state index contributed by atoms with van der Waals surface area (Å²) in [6.07, 6.45) is 9.67. The normalized spacial score (nSPS) is 25.7. The molecule has 8 nitrogen and oxygen atoms in total. The van der Waals surface area contributed by atoms with Crippen molar-refractivity contribution >= 4 is 26.0 Å². The van der Waals surface area contributed by atoms with Crippen molar-refractivity contribution in [2.45, 2.75) is 42.2 Å². The molecular weight excluding hydrogens is 458 g/mol. The number of hydrogen-bond donors (Lipinski definition) is 0. The van der Waals surface area contributed by atoms with Gasteiger partial charge in [0, 0.05) is 61.4 Å². The Bertz CT molecular complexity index is 999. The molecule has 154 valence electrons. The Morgan fingerprint density at radius 2 is 1.93 bits per heavy atom. The average molecular weight is 480 g/mol. The first-order valence-electron chi connectivity index (χ1n) is 9.82. The highest BCUT2D eigenvalue weighted by Crippen LogP contribution is 2.38. The van der Waals surface area contributed by atoms with E-state index in [0.717, 1.165) is 18.7 Å². The molecule has 5 rings (SSSR count). The molecule has 10 heteroatoms. The fourth-order valence-electron chi connectivity index (χ4n) is 4.10. The number of rotatable bonds is 5. The molecule has 2 aromatic rings. The standard InChI is InChI=1S/C19H22BrN5O3S/c20-14-5-17(8-21-7-14)29(26,27)25-4-3-24-12-16(6-15(24)11-25)28-19-10-22-18(9-23-19)13-1-2-13/h5,7-10,13,15-16H,1-4,6,11-12H2/t15-,16+/m0/s1. The first-order chi connectivity index (χ1) is 14.0. The van der Waals surface area contributed by atoms with Gasteiger partial charge in [-0.15, -0.1) is 0 Å². The van der Waals surface area contributed by atoms with Gasteiger partial charge in [-0.2, -0.15) is 4.31 Å². The molecule has 1 aliphatic carbocycles. The number of ether oxygens (including phenoxy) is 1. The van der Waals surface area contributed by atoms with E-state index in [1.165, 1.54) is 19.0 Å². The third-order valence-corrected chi connectivity index (χ3v) is 8.05. The van der Waals surface area contributed by atoms with Gasteiger partial charge in [-0.05, 0) is 34.8 Å². The second-order valence-corrected chi connectivity index (χ2v) is 10.7. The Labute approximate surface area is 178 Å². The third kappa shape index (κ3) is 4.03. The van der Waals surface area contributed by atoms with Gasteiger partial charge in [0.1, 0.15) is 11.0 Å². The molecule has 0 spiro atoms. The Morgan fingerprint density at radius 1 is 1.07 bits per heavy atom. The molecule has 0 N–H and O–H groups in total. The van der Waals surface area contributed by atoms with Crippen LogP contribution >= 0.6 is 15.9 Å². The number of hydrogen-bond acceptors (Lipinski definition) is 7. The Hall–Kier alpha value is -1.62. The summed E-state index contributed by atoms with van der Waals surface area (Å²) in [5.41, 5.74) is 1.05. The van der Waals surface area contributed by atoms with Crippen molar-refractivity contribution in [2.75, 3.05) is 26.2 Å². The van der Waals surface area contributed by atoms with Crippen molar-refractivity contribution in [3.05, 3.63) is 41.0 Å². The quantitative estimate of drug-likeness (QED) is 0.647. The Balaban J connectivity index is 1.23. The molecule has 0 amide bonds. The first-order valence-corrected chi connectivity index (χ1v) is 12.1. The lowest BCUT2D eigenvalue weighted by Gasteiger charge is -2.36. The minimum absolute atomic E-state index is 0.00346. The van der Waals surface area contributed by atoms with E-state index in [-0.39, 0.29) is 17.0 Å². The van der Waals surface area contributed by atoms with Crippen LogP contribution in [-0.2, 0) is 10.0 Å². The molecule has 1 saturated carbocycles. The topological polar surface area (TPSA) is 88.5 Å². The van der Waals surface area contributed by atoms with Crippen LogP contribution < -0.4 is 4.74 Å². The SMILES string of the molecule is O=S(=O)(c1cncc(Br)c1)N1CCN2C[C@H](Oc3cnc(C4CC4)cn3)C[C@H]2C1. The summed E-state index contributed by atoms with van der Waals surface area (Å²) in [4.78, 5) is 15.4. The van der Waals surface area contributed by atoms with Gasteiger partial charge in [-0.1, -0.05) is 0 Å². The third-order valence-electron chi connectivity index (χ3n) is 5.79. The van der Waals surface area contributed by atoms with Crippen LogP contribution in [-0.4, -0.2) is 70.9 Å². The predicted octanol–water partition coefficient (Wildman–Crippen LogP) is 2.04. The first kappa shape index (κ1) is 19.3. The highest BCUT2D eigenvalue weighted by molar-refractivity contribution is 9.10. The highest BCUT2D eigenvalue weighted by atomic mass is 79.9. The maximum absolute atomic E-state index is 13.0. The van der Waals surface area contributed by atoms with E-state index < -0.39 is 10.0 Å². The zero-order valence-corrected chi connectivity index (χ0v) is 18.2. The van der Waals surface area contributed by atoms with E-state index in [1.807, 2.05) is 6.20 Å². The van der Waals surface area contributed by atoms with Crippen LogP contribution in [0, 0.1) is 0 Å². The van der Waals surface area contributed by atoms with Crippen LogP contribution in [0.4, 0.5) is 0 Å². The second-order valence-electron chi connectivity index (χ2n) is 7.88. The van der Waals surface area contributed by atoms with Crippen LogP contribution in [0.25, 0.3) is 0 Å². The number of fused-ring (bicyclic) bond motifs is 1. The summed E-state index contributed by atoms with van der Waals surface area (Å²) in [5.74, 6) is 1.12. The number of pyridine rings is 1. The molecule has 0 radical (unpaired) electrons. The van der Waals surface area contributed by atoms with Crippen molar-refractivity contribution < 1.29 is 13.2 Å². The predicted molar refractivity (Wildman–Crippen MR) is 109 cm³/mol. The van der Waals surface area contributed by atoms with Gasteiger partial charge in [0.25, 0.3) is 0 Å². The van der Waals surface area contributed by atoms with E-state index in [4.69, 9.17) is 4.74 Å². The van der Waals surface area contributed by atoms with Gasteiger partial charge in [0.15, 0.2) is 0 Å². The van der Waals surface area contributed by atoms with E-state index in [1.54, 1.807) is 22.8 Å². The number of piperazine rings is 1. The minimum Gasteiger partial charge on any atom is -0.472 e. The molecule has 0 aromatic carbocycles. The smallest absolute Gasteiger partial charge is 0.244 e. The molecule has 3 fully saturated rings. The molecule has 2 atom stereocenters. The van der Waals surface area contributed by atoms with Gasteiger partial charge < -0.3 is 4.74 Å². The maximum atomic E-state index is 13.0. The van der Waals surface area contributed by atoms with Gasteiger partial charge >= 0.3 is 0 Å². The molecule has 4 heterocycles. The fourth-order valence-corrected chi connectivity index (χ4v) is 6.08. The molecule has 0 unspecified atom stereocenters. The lowest BCUT2D eigenvalue weighted by Crippen LogP contribution is -2.51. The summed E-state index contributed by atoms with van der Waals surface area (Å²) < 4.78 is 34.2. The highest BCUT2D eigenvalue weighted by Gasteiger charge is 2.41. The van der Waals surface area contributed by atoms with Crippen molar-refractivity contribution in [3.63, 3.8) is 0 Å². The van der Waals surface area contributed by atoms with Crippen LogP contribution in [0.5, 0.6) is 5.88 Å². The van der Waals surface area contributed by atoms with E-state index in [2.05, 4.69) is 35.8 Å². The largest absolute Gasteiger partial charge is 0.472 e. The summed E-state index contributed by atoms with van der Waals surface area (Å²) in [5, 5.41) is 0. The fraction of sp³-hybridized carbons (Fsp3) is 0.526. The van der Waals surface area contributed by atoms with Crippen LogP contribution in [0.15, 0.2) is 40.2 Å². The van der Waals surface area contributed by atoms with Crippen molar-refractivity contribution in [3.8, 4) is 5.88 Å². The molecule has 2 aromatic heterocycles. The van der Waals surface area contributed by atoms with Gasteiger partial charge in [-0.25, -0.2) is 13.4 Å². The summed E-state index contributed by atoms with van der Waals surface area (Å²) in [6, 6.07) is 1.74. The molecule has 2 saturated heterocycles. The van der Waals surface area contributed by atoms with Crippen LogP contribution in [0.1, 0.15) is 30.9 Å². The van der Waals surface area contributed by atoms with Gasteiger partial charge in [0.2, 0.25) is 15.9 Å². The van der Waals surface area contributed by atoms with Crippen molar-refractivity contribution in [1.82, 2.24) is 24.2 Å². The Morgan fingerprint density at radius 3 is 2.66 bits per heavy atom. The number of aromatic nitrogens is 3. The van der Waals surface area contributed by atoms with E-state index in [0.29, 0.717) is 35.9 Å². The number of sulfonamides is 1. The summed E-state index contributed by atoms with van der Waals surface area (Å²) >= 11 is 3.30. The van der Waals surface area contributed by atoms with Gasteiger partial charge in [0.05, 0.1) is 18.1 Å². The lowest BCUT2D eigenvalue weighted by molar-refractivity contribution is 0.151. The number of nitrogens with zero attached hydrogens (tertiary/aromatic N) is 5. The summed E-state index contributed by atoms with van der Waals surface area (Å²) in [7, 11) is -3.56. The van der Waals surface area contributed by atoms with Crippen LogP contribution in [0.2, 0.25) is 0 Å². The van der Waals surface area contributed by atoms with E-state index >= 15 is 0 Å². The lowest BCUT2D eigenvalue weighted by atomic mass is 10.2. The minimum atomic E-state index is -3.56. The summed E-state index contributed by atoms with van der Waals surface area (Å²) in [6.45, 7) is 2.40. The van der Waals surface area contributed by atoms with Crippen LogP contribution in [0.3, 0.4) is 0 Å². The molecule has 29 heavy (non-hydrogen) atoms. The maximum Gasteiger partial charge on any atom is 0.244 e. The zero-order valence-electron chi connectivity index (χ0n) is 15.8. The molecule has 0 bridgehead atoms. The van der Waals surface area contributed by atoms with E-state index in [9.17, 15) is 8.42 Å². The zero-order chi connectivity index (χ0) is 20.0. The molecule has 2 aliphatic heterocycles. The second kappa shape index (κ2) is 7.57. The van der Waals surface area contributed by atoms with Gasteiger partial charge in [-0.3, -0.25) is 14.9 Å². The van der Waals surface area contributed by atoms with Crippen molar-refractivity contribution in [2.24, 2.45) is 0 Å². The Kier molecular flexibility index (Phi) is 5.05.